The number of sulfone groups is 1. The number of benzene rings is 2. The zero-order valence-corrected chi connectivity index (χ0v) is 15.9. The quantitative estimate of drug-likeness (QED) is 0.882. The van der Waals surface area contributed by atoms with Crippen LogP contribution in [0.15, 0.2) is 52.3 Å². The van der Waals surface area contributed by atoms with Crippen LogP contribution in [-0.4, -0.2) is 25.8 Å². The number of nitrogens with one attached hydrogen (secondary N) is 1. The number of amides is 1. The van der Waals surface area contributed by atoms with Gasteiger partial charge in [0.15, 0.2) is 9.84 Å². The lowest BCUT2D eigenvalue weighted by atomic mass is 10.1. The molecular formula is C19H21NO3S2. The van der Waals surface area contributed by atoms with E-state index in [1.807, 2.05) is 24.3 Å². The Balaban J connectivity index is 1.64. The Morgan fingerprint density at radius 3 is 2.48 bits per heavy atom. The third-order valence-corrected chi connectivity index (χ3v) is 7.23. The summed E-state index contributed by atoms with van der Waals surface area (Å²) >= 11 is 1.69. The Bertz CT molecular complexity index is 889. The molecule has 1 unspecified atom stereocenters. The topological polar surface area (TPSA) is 63.2 Å². The fourth-order valence-corrected chi connectivity index (χ4v) is 5.54. The summed E-state index contributed by atoms with van der Waals surface area (Å²) in [5.41, 5.74) is 3.15. The first-order valence-electron chi connectivity index (χ1n) is 8.19. The van der Waals surface area contributed by atoms with Crippen molar-refractivity contribution >= 4 is 33.2 Å². The highest BCUT2D eigenvalue weighted by Gasteiger charge is 2.32. The van der Waals surface area contributed by atoms with Crippen LogP contribution in [0.2, 0.25) is 0 Å². The molecule has 4 nitrogen and oxygen atoms in total. The molecule has 132 valence electrons. The van der Waals surface area contributed by atoms with Gasteiger partial charge in [-0.1, -0.05) is 23.9 Å². The van der Waals surface area contributed by atoms with Crippen molar-refractivity contribution < 1.29 is 13.2 Å². The summed E-state index contributed by atoms with van der Waals surface area (Å²) in [6, 6.07) is 14.0. The molecule has 25 heavy (non-hydrogen) atoms. The molecule has 1 amide bonds. The highest BCUT2D eigenvalue weighted by Crippen LogP contribution is 2.31. The van der Waals surface area contributed by atoms with Crippen LogP contribution >= 0.6 is 11.8 Å². The number of aryl methyl sites for hydroxylation is 2. The van der Waals surface area contributed by atoms with Crippen LogP contribution in [0.5, 0.6) is 0 Å². The molecule has 1 N–H and O–H groups in total. The van der Waals surface area contributed by atoms with Crippen LogP contribution < -0.4 is 5.32 Å². The van der Waals surface area contributed by atoms with Gasteiger partial charge in [0.25, 0.3) is 0 Å². The van der Waals surface area contributed by atoms with E-state index in [0.29, 0.717) is 12.1 Å². The number of hydrogen-bond acceptors (Lipinski definition) is 4. The summed E-state index contributed by atoms with van der Waals surface area (Å²) in [6.07, 6.45) is 0.411. The van der Waals surface area contributed by atoms with Gasteiger partial charge in [-0.3, -0.25) is 4.79 Å². The van der Waals surface area contributed by atoms with Gasteiger partial charge in [0.1, 0.15) is 0 Å². The minimum atomic E-state index is -3.05. The van der Waals surface area contributed by atoms with Gasteiger partial charge in [-0.2, -0.15) is 0 Å². The predicted octanol–water partition coefficient (Wildman–Crippen LogP) is 3.83. The number of rotatable bonds is 4. The van der Waals surface area contributed by atoms with Gasteiger partial charge in [0, 0.05) is 15.5 Å². The molecule has 0 radical (unpaired) electrons. The molecule has 0 spiro atoms. The zero-order valence-electron chi connectivity index (χ0n) is 14.3. The molecule has 0 bridgehead atoms. The van der Waals surface area contributed by atoms with Crippen LogP contribution in [-0.2, 0) is 14.6 Å². The minimum Gasteiger partial charge on any atom is -0.326 e. The second-order valence-electron chi connectivity index (χ2n) is 6.48. The van der Waals surface area contributed by atoms with Gasteiger partial charge in [-0.15, -0.1) is 0 Å². The van der Waals surface area contributed by atoms with Crippen LogP contribution in [0.4, 0.5) is 5.69 Å². The Hall–Kier alpha value is -1.79. The third-order valence-electron chi connectivity index (χ3n) is 4.30. The molecule has 1 heterocycles. The molecule has 6 heteroatoms. The summed E-state index contributed by atoms with van der Waals surface area (Å²) in [5.74, 6) is -0.583. The maximum atomic E-state index is 12.2. The number of carbonyl (C=O) groups excluding carboxylic acids is 1. The van der Waals surface area contributed by atoms with Crippen molar-refractivity contribution in [1.82, 2.24) is 0 Å². The zero-order chi connectivity index (χ0) is 18.0. The van der Waals surface area contributed by atoms with E-state index in [4.69, 9.17) is 0 Å². The van der Waals surface area contributed by atoms with E-state index in [2.05, 4.69) is 37.4 Å². The number of anilines is 1. The average molecular weight is 376 g/mol. The molecule has 1 aliphatic heterocycles. The predicted molar refractivity (Wildman–Crippen MR) is 102 cm³/mol. The van der Waals surface area contributed by atoms with Crippen molar-refractivity contribution in [3.05, 3.63) is 53.6 Å². The lowest BCUT2D eigenvalue weighted by Crippen LogP contribution is -2.23. The maximum absolute atomic E-state index is 12.2. The maximum Gasteiger partial charge on any atom is 0.228 e. The highest BCUT2D eigenvalue weighted by molar-refractivity contribution is 7.99. The van der Waals surface area contributed by atoms with Crippen molar-refractivity contribution in [2.75, 3.05) is 16.8 Å². The van der Waals surface area contributed by atoms with Crippen molar-refractivity contribution in [1.29, 1.82) is 0 Å². The molecule has 1 aliphatic rings. The molecule has 1 fully saturated rings. The summed E-state index contributed by atoms with van der Waals surface area (Å²) < 4.78 is 23.0. The van der Waals surface area contributed by atoms with Crippen molar-refractivity contribution in [2.45, 2.75) is 30.1 Å². The summed E-state index contributed by atoms with van der Waals surface area (Å²) in [6.45, 7) is 4.16. The standard InChI is InChI=1S/C19H21NO3S2/c1-13-3-4-14(2)18(11-13)24-17-7-5-16(6-8-17)20-19(21)15-9-10-25(22,23)12-15/h3-8,11,15H,9-10,12H2,1-2H3,(H,20,21). The van der Waals surface area contributed by atoms with Crippen molar-refractivity contribution in [3.8, 4) is 0 Å². The van der Waals surface area contributed by atoms with Crippen molar-refractivity contribution in [2.24, 2.45) is 5.92 Å². The van der Waals surface area contributed by atoms with E-state index in [0.717, 1.165) is 4.90 Å². The molecule has 2 aromatic rings. The van der Waals surface area contributed by atoms with Crippen LogP contribution in [0, 0.1) is 19.8 Å². The summed E-state index contributed by atoms with van der Waals surface area (Å²) in [5, 5.41) is 2.82. The van der Waals surface area contributed by atoms with E-state index in [1.165, 1.54) is 16.0 Å². The molecule has 3 rings (SSSR count). The number of hydrogen-bond donors (Lipinski definition) is 1. The second kappa shape index (κ2) is 7.22. The monoisotopic (exact) mass is 375 g/mol. The third kappa shape index (κ3) is 4.64. The van der Waals surface area contributed by atoms with Crippen LogP contribution in [0.3, 0.4) is 0 Å². The van der Waals surface area contributed by atoms with E-state index in [9.17, 15) is 13.2 Å². The minimum absolute atomic E-state index is 0.0423. The Morgan fingerprint density at radius 1 is 1.12 bits per heavy atom. The van der Waals surface area contributed by atoms with Gasteiger partial charge in [0.05, 0.1) is 17.4 Å². The second-order valence-corrected chi connectivity index (χ2v) is 9.83. The van der Waals surface area contributed by atoms with E-state index >= 15 is 0 Å². The molecule has 0 saturated carbocycles. The van der Waals surface area contributed by atoms with E-state index in [-0.39, 0.29) is 17.4 Å². The fourth-order valence-electron chi connectivity index (χ4n) is 2.80. The van der Waals surface area contributed by atoms with Crippen LogP contribution in [0.25, 0.3) is 0 Å². The molecule has 1 saturated heterocycles. The highest BCUT2D eigenvalue weighted by atomic mass is 32.2. The van der Waals surface area contributed by atoms with Gasteiger partial charge >= 0.3 is 0 Å². The van der Waals surface area contributed by atoms with Crippen LogP contribution in [0.1, 0.15) is 17.5 Å². The summed E-state index contributed by atoms with van der Waals surface area (Å²) in [4.78, 5) is 14.5. The Labute approximate surface area is 152 Å². The molecular weight excluding hydrogens is 354 g/mol. The van der Waals surface area contributed by atoms with Gasteiger partial charge in [-0.25, -0.2) is 8.42 Å². The first kappa shape index (κ1) is 18.0. The lowest BCUT2D eigenvalue weighted by Gasteiger charge is -2.11. The molecule has 1 atom stereocenters. The first-order valence-corrected chi connectivity index (χ1v) is 10.8. The van der Waals surface area contributed by atoms with Crippen molar-refractivity contribution in [3.63, 3.8) is 0 Å². The lowest BCUT2D eigenvalue weighted by molar-refractivity contribution is -0.119. The first-order chi connectivity index (χ1) is 11.8. The molecule has 0 aromatic heterocycles. The average Bonchev–Trinajstić information content (AvgIpc) is 2.93. The molecule has 2 aromatic carbocycles. The number of carbonyl (C=O) groups is 1. The van der Waals surface area contributed by atoms with E-state index in [1.54, 1.807) is 11.8 Å². The molecule has 0 aliphatic carbocycles. The van der Waals surface area contributed by atoms with E-state index < -0.39 is 15.8 Å². The van der Waals surface area contributed by atoms with Gasteiger partial charge < -0.3 is 5.32 Å². The largest absolute Gasteiger partial charge is 0.326 e. The summed E-state index contributed by atoms with van der Waals surface area (Å²) in [7, 11) is -3.05. The van der Waals surface area contributed by atoms with Gasteiger partial charge in [0.2, 0.25) is 5.91 Å². The Morgan fingerprint density at radius 2 is 1.84 bits per heavy atom. The SMILES string of the molecule is Cc1ccc(C)c(Sc2ccc(NC(=O)C3CCS(=O)(=O)C3)cc2)c1. The normalized spacial score (nSPS) is 18.9. The Kier molecular flexibility index (Phi) is 5.20. The smallest absolute Gasteiger partial charge is 0.228 e. The van der Waals surface area contributed by atoms with Gasteiger partial charge in [-0.05, 0) is 61.7 Å². The fraction of sp³-hybridized carbons (Fsp3) is 0.316.